The van der Waals surface area contributed by atoms with Crippen LogP contribution in [0.5, 0.6) is 0 Å². The maximum Gasteiger partial charge on any atom is 0.330 e. The summed E-state index contributed by atoms with van der Waals surface area (Å²) < 4.78 is 1.63. The minimum absolute atomic E-state index is 0.0794. The Hall–Kier alpha value is -1.59. The van der Waals surface area contributed by atoms with Crippen molar-refractivity contribution >= 4 is 11.5 Å². The van der Waals surface area contributed by atoms with Gasteiger partial charge in [0.2, 0.25) is 5.82 Å². The molecule has 0 amide bonds. The van der Waals surface area contributed by atoms with Crippen molar-refractivity contribution < 1.29 is 4.92 Å². The highest BCUT2D eigenvalue weighted by Crippen LogP contribution is 2.31. The van der Waals surface area contributed by atoms with E-state index in [-0.39, 0.29) is 17.5 Å². The molecule has 0 aliphatic heterocycles. The van der Waals surface area contributed by atoms with Crippen LogP contribution in [-0.4, -0.2) is 14.7 Å². The van der Waals surface area contributed by atoms with Crippen molar-refractivity contribution in [3.63, 3.8) is 0 Å². The van der Waals surface area contributed by atoms with E-state index in [0.717, 1.165) is 25.7 Å². The summed E-state index contributed by atoms with van der Waals surface area (Å²) in [6, 6.07) is 0.233. The summed E-state index contributed by atoms with van der Waals surface area (Å²) in [7, 11) is 0. The zero-order chi connectivity index (χ0) is 11.5. The van der Waals surface area contributed by atoms with Crippen molar-refractivity contribution in [2.24, 2.45) is 0 Å². The van der Waals surface area contributed by atoms with Crippen LogP contribution in [0.25, 0.3) is 0 Å². The summed E-state index contributed by atoms with van der Waals surface area (Å²) in [5.74, 6) is 0.192. The van der Waals surface area contributed by atoms with E-state index in [4.69, 9.17) is 5.73 Å². The second-order valence-corrected chi connectivity index (χ2v) is 4.26. The number of aromatic nitrogens is 2. The highest BCUT2D eigenvalue weighted by Gasteiger charge is 2.23. The van der Waals surface area contributed by atoms with Crippen molar-refractivity contribution in [1.82, 2.24) is 9.78 Å². The van der Waals surface area contributed by atoms with Gasteiger partial charge in [-0.1, -0.05) is 25.7 Å². The topological polar surface area (TPSA) is 87.0 Å². The molecular formula is C10H16N4O2. The molecule has 1 heterocycles. The van der Waals surface area contributed by atoms with Gasteiger partial charge in [-0.15, -0.1) is 0 Å². The maximum absolute atomic E-state index is 10.7. The third kappa shape index (κ3) is 2.00. The number of nitrogens with zero attached hydrogens (tertiary/aromatic N) is 3. The van der Waals surface area contributed by atoms with E-state index in [1.54, 1.807) is 4.68 Å². The third-order valence-electron chi connectivity index (χ3n) is 3.18. The number of hydrogen-bond donors (Lipinski definition) is 1. The van der Waals surface area contributed by atoms with Gasteiger partial charge in [0.1, 0.15) is 6.20 Å². The quantitative estimate of drug-likeness (QED) is 0.474. The third-order valence-corrected chi connectivity index (χ3v) is 3.18. The number of anilines is 1. The summed E-state index contributed by atoms with van der Waals surface area (Å²) in [4.78, 5) is 10.2. The number of nitro groups is 1. The van der Waals surface area contributed by atoms with Gasteiger partial charge in [-0.3, -0.25) is 10.1 Å². The van der Waals surface area contributed by atoms with Gasteiger partial charge in [-0.25, -0.2) is 4.68 Å². The van der Waals surface area contributed by atoms with Crippen LogP contribution >= 0.6 is 0 Å². The minimum atomic E-state index is -0.477. The predicted molar refractivity (Wildman–Crippen MR) is 60.0 cm³/mol. The van der Waals surface area contributed by atoms with Crippen LogP contribution in [0, 0.1) is 10.1 Å². The molecule has 6 heteroatoms. The lowest BCUT2D eigenvalue weighted by Gasteiger charge is -2.15. The Morgan fingerprint density at radius 1 is 1.38 bits per heavy atom. The molecule has 0 saturated heterocycles. The van der Waals surface area contributed by atoms with Crippen molar-refractivity contribution in [2.75, 3.05) is 5.73 Å². The lowest BCUT2D eigenvalue weighted by molar-refractivity contribution is -0.384. The van der Waals surface area contributed by atoms with Gasteiger partial charge >= 0.3 is 5.69 Å². The first kappa shape index (κ1) is 10.9. The summed E-state index contributed by atoms with van der Waals surface area (Å²) in [6.07, 6.45) is 8.06. The van der Waals surface area contributed by atoms with Gasteiger partial charge in [-0.05, 0) is 12.8 Å². The lowest BCUT2D eigenvalue weighted by atomic mass is 10.1. The molecule has 1 aromatic rings. The second kappa shape index (κ2) is 4.51. The van der Waals surface area contributed by atoms with E-state index < -0.39 is 4.92 Å². The molecule has 0 bridgehead atoms. The Balaban J connectivity index is 2.22. The molecule has 1 fully saturated rings. The molecule has 88 valence electrons. The van der Waals surface area contributed by atoms with Crippen LogP contribution in [0.4, 0.5) is 11.5 Å². The molecule has 2 N–H and O–H groups in total. The van der Waals surface area contributed by atoms with Crippen LogP contribution in [0.3, 0.4) is 0 Å². The highest BCUT2D eigenvalue weighted by molar-refractivity contribution is 5.51. The van der Waals surface area contributed by atoms with Crippen LogP contribution < -0.4 is 5.73 Å². The van der Waals surface area contributed by atoms with Crippen LogP contribution in [0.2, 0.25) is 0 Å². The molecule has 0 radical (unpaired) electrons. The Morgan fingerprint density at radius 2 is 2.00 bits per heavy atom. The first-order valence-corrected chi connectivity index (χ1v) is 5.67. The summed E-state index contributed by atoms with van der Waals surface area (Å²) in [5, 5.41) is 14.7. The molecule has 16 heavy (non-hydrogen) atoms. The monoisotopic (exact) mass is 224 g/mol. The van der Waals surface area contributed by atoms with Gasteiger partial charge in [0.15, 0.2) is 0 Å². The van der Waals surface area contributed by atoms with E-state index in [1.807, 2.05) is 0 Å². The fraction of sp³-hybridized carbons (Fsp3) is 0.700. The Morgan fingerprint density at radius 3 is 2.50 bits per heavy atom. The first-order chi connectivity index (χ1) is 7.70. The van der Waals surface area contributed by atoms with Gasteiger partial charge in [0.05, 0.1) is 11.0 Å². The summed E-state index contributed by atoms with van der Waals surface area (Å²) in [5.41, 5.74) is 5.67. The van der Waals surface area contributed by atoms with Crippen molar-refractivity contribution in [1.29, 1.82) is 0 Å². The minimum Gasteiger partial charge on any atom is -0.378 e. The molecule has 6 nitrogen and oxygen atoms in total. The highest BCUT2D eigenvalue weighted by atomic mass is 16.6. The molecule has 2 rings (SSSR count). The zero-order valence-corrected chi connectivity index (χ0v) is 9.13. The van der Waals surface area contributed by atoms with Gasteiger partial charge in [0, 0.05) is 0 Å². The fourth-order valence-electron chi connectivity index (χ4n) is 2.30. The van der Waals surface area contributed by atoms with E-state index in [0.29, 0.717) is 0 Å². The predicted octanol–water partition coefficient (Wildman–Crippen LogP) is 2.27. The van der Waals surface area contributed by atoms with Crippen LogP contribution in [0.15, 0.2) is 6.20 Å². The average Bonchev–Trinajstić information content (AvgIpc) is 2.50. The normalized spacial score (nSPS) is 18.2. The number of nitrogen functional groups attached to an aromatic ring is 1. The Kier molecular flexibility index (Phi) is 3.07. The maximum atomic E-state index is 10.7. The Bertz CT molecular complexity index is 380. The van der Waals surface area contributed by atoms with Crippen molar-refractivity contribution in [3.8, 4) is 0 Å². The molecule has 1 aromatic heterocycles. The standard InChI is InChI=1S/C10H16N4O2/c11-10-9(14(15)16)7-12-13(10)8-5-3-1-2-4-6-8/h7-8H,1-6,11H2. The summed E-state index contributed by atoms with van der Waals surface area (Å²) in [6.45, 7) is 0. The fourth-order valence-corrected chi connectivity index (χ4v) is 2.30. The number of rotatable bonds is 2. The van der Waals surface area contributed by atoms with Gasteiger partial charge < -0.3 is 5.73 Å². The number of nitrogens with two attached hydrogens (primary N) is 1. The van der Waals surface area contributed by atoms with Crippen LogP contribution in [0.1, 0.15) is 44.6 Å². The summed E-state index contributed by atoms with van der Waals surface area (Å²) >= 11 is 0. The number of hydrogen-bond acceptors (Lipinski definition) is 4. The van der Waals surface area contributed by atoms with Crippen molar-refractivity contribution in [2.45, 2.75) is 44.6 Å². The molecule has 0 unspecified atom stereocenters. The van der Waals surface area contributed by atoms with Gasteiger partial charge in [-0.2, -0.15) is 5.10 Å². The smallest absolute Gasteiger partial charge is 0.330 e. The lowest BCUT2D eigenvalue weighted by Crippen LogP contribution is -2.12. The second-order valence-electron chi connectivity index (χ2n) is 4.26. The molecule has 1 aliphatic rings. The molecule has 0 aromatic carbocycles. The first-order valence-electron chi connectivity index (χ1n) is 5.67. The largest absolute Gasteiger partial charge is 0.378 e. The average molecular weight is 224 g/mol. The molecule has 0 atom stereocenters. The van der Waals surface area contributed by atoms with Crippen LogP contribution in [-0.2, 0) is 0 Å². The molecular weight excluding hydrogens is 208 g/mol. The Labute approximate surface area is 93.6 Å². The van der Waals surface area contributed by atoms with E-state index in [1.165, 1.54) is 19.0 Å². The van der Waals surface area contributed by atoms with Gasteiger partial charge in [0.25, 0.3) is 0 Å². The molecule has 1 aliphatic carbocycles. The zero-order valence-electron chi connectivity index (χ0n) is 9.13. The molecule has 0 spiro atoms. The van der Waals surface area contributed by atoms with E-state index in [2.05, 4.69) is 5.10 Å². The van der Waals surface area contributed by atoms with Crippen molar-refractivity contribution in [3.05, 3.63) is 16.3 Å². The van der Waals surface area contributed by atoms with E-state index in [9.17, 15) is 10.1 Å². The molecule has 1 saturated carbocycles. The van der Waals surface area contributed by atoms with E-state index >= 15 is 0 Å². The SMILES string of the molecule is Nc1c([N+](=O)[O-])cnn1C1CCCCCC1.